The van der Waals surface area contributed by atoms with E-state index in [-0.39, 0.29) is 17.2 Å². The molecule has 5 N–H and O–H groups in total. The summed E-state index contributed by atoms with van der Waals surface area (Å²) in [5, 5.41) is 16.7. The van der Waals surface area contributed by atoms with E-state index in [2.05, 4.69) is 41.5 Å². The molecule has 0 unspecified atom stereocenters. The van der Waals surface area contributed by atoms with Crippen molar-refractivity contribution >= 4 is 67.2 Å². The van der Waals surface area contributed by atoms with Crippen LogP contribution in [-0.2, 0) is 6.54 Å². The van der Waals surface area contributed by atoms with Gasteiger partial charge >= 0.3 is 0 Å². The van der Waals surface area contributed by atoms with E-state index >= 15 is 0 Å². The number of aromatic nitrogens is 5. The fraction of sp³-hybridized carbons (Fsp3) is 0.0556. The topological polar surface area (TPSA) is 138 Å². The SMILES string of the molecule is NCc1cc(Cl)cc(-c2nnc(N)s2)c1NC(=O)c1cn(-c2ncccc2Cl)nc1Br. The Balaban J connectivity index is 1.74. The van der Waals surface area contributed by atoms with Crippen molar-refractivity contribution in [3.05, 3.63) is 62.4 Å². The number of benzene rings is 1. The number of nitrogen functional groups attached to an aromatic ring is 1. The number of amides is 1. The minimum atomic E-state index is -0.430. The summed E-state index contributed by atoms with van der Waals surface area (Å²) >= 11 is 16.9. The lowest BCUT2D eigenvalue weighted by Crippen LogP contribution is -2.15. The monoisotopic (exact) mass is 538 g/mol. The van der Waals surface area contributed by atoms with Crippen molar-refractivity contribution in [2.75, 3.05) is 11.1 Å². The van der Waals surface area contributed by atoms with Crippen LogP contribution in [0.3, 0.4) is 0 Å². The summed E-state index contributed by atoms with van der Waals surface area (Å²) in [5.41, 5.74) is 13.5. The third-order valence-corrected chi connectivity index (χ3v) is 6.07. The first-order chi connectivity index (χ1) is 14.9. The van der Waals surface area contributed by atoms with Gasteiger partial charge in [-0.1, -0.05) is 34.5 Å². The molecule has 0 radical (unpaired) electrons. The van der Waals surface area contributed by atoms with Crippen LogP contribution in [0.25, 0.3) is 16.4 Å². The number of rotatable bonds is 5. The fourth-order valence-electron chi connectivity index (χ4n) is 2.82. The summed E-state index contributed by atoms with van der Waals surface area (Å²) < 4.78 is 1.73. The molecule has 0 saturated carbocycles. The number of hydrogen-bond acceptors (Lipinski definition) is 8. The molecule has 1 aromatic carbocycles. The van der Waals surface area contributed by atoms with Crippen molar-refractivity contribution in [2.24, 2.45) is 5.73 Å². The average molecular weight is 540 g/mol. The number of carbonyl (C=O) groups excluding carboxylic acids is 1. The summed E-state index contributed by atoms with van der Waals surface area (Å²) in [4.78, 5) is 17.3. The normalized spacial score (nSPS) is 11.0. The number of pyridine rings is 1. The van der Waals surface area contributed by atoms with E-state index < -0.39 is 5.91 Å². The molecule has 0 fully saturated rings. The number of nitrogens with two attached hydrogens (primary N) is 2. The molecule has 0 aliphatic rings. The van der Waals surface area contributed by atoms with Crippen molar-refractivity contribution in [3.63, 3.8) is 0 Å². The van der Waals surface area contributed by atoms with E-state index in [1.165, 1.54) is 22.2 Å². The van der Waals surface area contributed by atoms with Crippen LogP contribution < -0.4 is 16.8 Å². The van der Waals surface area contributed by atoms with Gasteiger partial charge in [0.15, 0.2) is 10.8 Å². The fourth-order valence-corrected chi connectivity index (χ4v) is 4.36. The minimum Gasteiger partial charge on any atom is -0.374 e. The highest BCUT2D eigenvalue weighted by Gasteiger charge is 2.21. The molecule has 158 valence electrons. The van der Waals surface area contributed by atoms with E-state index in [4.69, 9.17) is 34.7 Å². The Hall–Kier alpha value is -2.57. The van der Waals surface area contributed by atoms with Gasteiger partial charge in [-0.25, -0.2) is 9.67 Å². The molecule has 0 aliphatic heterocycles. The second-order valence-corrected chi connectivity index (χ2v) is 8.78. The van der Waals surface area contributed by atoms with Gasteiger partial charge in [0.2, 0.25) is 5.13 Å². The molecular formula is C18H13BrCl2N8OS. The lowest BCUT2D eigenvalue weighted by Gasteiger charge is -2.14. The van der Waals surface area contributed by atoms with Crippen LogP contribution >= 0.6 is 50.5 Å². The van der Waals surface area contributed by atoms with Crippen molar-refractivity contribution in [1.29, 1.82) is 0 Å². The number of carbonyl (C=O) groups is 1. The highest BCUT2D eigenvalue weighted by molar-refractivity contribution is 9.10. The summed E-state index contributed by atoms with van der Waals surface area (Å²) in [5.74, 6) is -0.0379. The van der Waals surface area contributed by atoms with E-state index in [0.29, 0.717) is 42.3 Å². The molecule has 1 amide bonds. The van der Waals surface area contributed by atoms with Gasteiger partial charge in [0.05, 0.1) is 16.3 Å². The molecule has 4 rings (SSSR count). The molecule has 0 saturated heterocycles. The molecule has 31 heavy (non-hydrogen) atoms. The molecule has 3 heterocycles. The Morgan fingerprint density at radius 1 is 1.29 bits per heavy atom. The largest absolute Gasteiger partial charge is 0.374 e. The maximum Gasteiger partial charge on any atom is 0.260 e. The van der Waals surface area contributed by atoms with Gasteiger partial charge in [-0.15, -0.1) is 10.2 Å². The zero-order valence-corrected chi connectivity index (χ0v) is 19.4. The maximum absolute atomic E-state index is 13.1. The predicted molar refractivity (Wildman–Crippen MR) is 125 cm³/mol. The predicted octanol–water partition coefficient (Wildman–Crippen LogP) is 4.15. The smallest absolute Gasteiger partial charge is 0.260 e. The van der Waals surface area contributed by atoms with Crippen LogP contribution in [0.4, 0.5) is 10.8 Å². The quantitative estimate of drug-likeness (QED) is 0.346. The van der Waals surface area contributed by atoms with Crippen LogP contribution in [0.1, 0.15) is 15.9 Å². The van der Waals surface area contributed by atoms with Crippen molar-refractivity contribution in [2.45, 2.75) is 6.54 Å². The molecule has 13 heteroatoms. The van der Waals surface area contributed by atoms with Gasteiger partial charge in [0, 0.05) is 29.5 Å². The number of anilines is 2. The molecule has 4 aromatic rings. The van der Waals surface area contributed by atoms with Crippen molar-refractivity contribution in [3.8, 4) is 16.4 Å². The van der Waals surface area contributed by atoms with Crippen LogP contribution in [-0.4, -0.2) is 30.9 Å². The first kappa shape index (κ1) is 21.7. The van der Waals surface area contributed by atoms with Crippen LogP contribution in [0.15, 0.2) is 41.3 Å². The molecule has 9 nitrogen and oxygen atoms in total. The number of nitrogens with one attached hydrogen (secondary N) is 1. The lowest BCUT2D eigenvalue weighted by atomic mass is 10.1. The Bertz CT molecular complexity index is 1290. The van der Waals surface area contributed by atoms with Gasteiger partial charge < -0.3 is 16.8 Å². The zero-order valence-electron chi connectivity index (χ0n) is 15.5. The Morgan fingerprint density at radius 2 is 2.10 bits per heavy atom. The van der Waals surface area contributed by atoms with E-state index in [9.17, 15) is 4.79 Å². The van der Waals surface area contributed by atoms with Gasteiger partial charge in [0.1, 0.15) is 4.60 Å². The van der Waals surface area contributed by atoms with Crippen LogP contribution in [0.2, 0.25) is 10.0 Å². The molecule has 0 spiro atoms. The van der Waals surface area contributed by atoms with Crippen LogP contribution in [0.5, 0.6) is 0 Å². The third kappa shape index (κ3) is 4.41. The molecule has 0 bridgehead atoms. The highest BCUT2D eigenvalue weighted by atomic mass is 79.9. The standard InChI is InChI=1S/C18H13BrCl2N8OS/c19-14-11(7-29(28-14)15-12(21)2-1-3-24-15)16(30)25-13-8(6-22)4-9(20)5-10(13)17-26-27-18(23)31-17/h1-5,7H,6,22H2,(H2,23,27)(H,25,30). The van der Waals surface area contributed by atoms with Crippen molar-refractivity contribution in [1.82, 2.24) is 25.0 Å². The van der Waals surface area contributed by atoms with Gasteiger partial charge in [-0.3, -0.25) is 4.79 Å². The first-order valence-corrected chi connectivity index (χ1v) is 11.0. The minimum absolute atomic E-state index is 0.140. The molecule has 3 aromatic heterocycles. The molecule has 0 atom stereocenters. The highest BCUT2D eigenvalue weighted by Crippen LogP contribution is 2.37. The summed E-state index contributed by atoms with van der Waals surface area (Å²) in [6.07, 6.45) is 3.10. The Kier molecular flexibility index (Phi) is 6.21. The Labute approximate surface area is 198 Å². The zero-order chi connectivity index (χ0) is 22.1. The van der Waals surface area contributed by atoms with Gasteiger partial charge in [0.25, 0.3) is 5.91 Å². The second kappa shape index (κ2) is 8.89. The second-order valence-electron chi connectivity index (χ2n) is 6.18. The summed E-state index contributed by atoms with van der Waals surface area (Å²) in [7, 11) is 0. The van der Waals surface area contributed by atoms with Gasteiger partial charge in [-0.05, 0) is 45.8 Å². The molecular weight excluding hydrogens is 527 g/mol. The van der Waals surface area contributed by atoms with E-state index in [1.54, 1.807) is 30.5 Å². The summed E-state index contributed by atoms with van der Waals surface area (Å²) in [6.45, 7) is 0.140. The lowest BCUT2D eigenvalue weighted by molar-refractivity contribution is 0.102. The maximum atomic E-state index is 13.1. The van der Waals surface area contributed by atoms with E-state index in [1.807, 2.05) is 0 Å². The van der Waals surface area contributed by atoms with Gasteiger partial charge in [-0.2, -0.15) is 5.10 Å². The number of nitrogens with zero attached hydrogens (tertiary/aromatic N) is 5. The third-order valence-electron chi connectivity index (χ3n) is 4.18. The van der Waals surface area contributed by atoms with E-state index in [0.717, 1.165) is 0 Å². The average Bonchev–Trinajstić information content (AvgIpc) is 3.34. The summed E-state index contributed by atoms with van der Waals surface area (Å²) in [6, 6.07) is 6.73. The van der Waals surface area contributed by atoms with Crippen molar-refractivity contribution < 1.29 is 4.79 Å². The van der Waals surface area contributed by atoms with Crippen LogP contribution in [0, 0.1) is 0 Å². The molecule has 0 aliphatic carbocycles. The Morgan fingerprint density at radius 3 is 2.77 bits per heavy atom. The number of hydrogen-bond donors (Lipinski definition) is 3. The number of halogens is 3. The first-order valence-electron chi connectivity index (χ1n) is 8.66.